The maximum absolute atomic E-state index is 12.8. The number of fused-ring (bicyclic) bond motifs is 2. The van der Waals surface area contributed by atoms with E-state index >= 15 is 0 Å². The molecule has 2 heterocycles. The van der Waals surface area contributed by atoms with Gasteiger partial charge in [0.25, 0.3) is 0 Å². The molecule has 1 amide bonds. The molecular formula is C23H27N5O3S2. The van der Waals surface area contributed by atoms with Crippen LogP contribution in [-0.4, -0.2) is 46.3 Å². The molecule has 174 valence electrons. The average molecular weight is 486 g/mol. The van der Waals surface area contributed by atoms with E-state index in [4.69, 9.17) is 0 Å². The van der Waals surface area contributed by atoms with Crippen molar-refractivity contribution in [3.05, 3.63) is 47.2 Å². The van der Waals surface area contributed by atoms with Crippen LogP contribution in [0, 0.1) is 6.92 Å². The van der Waals surface area contributed by atoms with Gasteiger partial charge in [0.2, 0.25) is 15.9 Å². The van der Waals surface area contributed by atoms with E-state index in [0.29, 0.717) is 25.0 Å². The zero-order chi connectivity index (χ0) is 23.8. The molecule has 1 N–H and O–H groups in total. The number of sulfonamides is 1. The summed E-state index contributed by atoms with van der Waals surface area (Å²) in [5.41, 5.74) is 3.10. The highest BCUT2D eigenvalue weighted by atomic mass is 32.2. The molecule has 0 aliphatic heterocycles. The largest absolute Gasteiger partial charge is 0.331 e. The van der Waals surface area contributed by atoms with Crippen LogP contribution in [-0.2, 0) is 28.3 Å². The zero-order valence-electron chi connectivity index (χ0n) is 19.1. The summed E-state index contributed by atoms with van der Waals surface area (Å²) in [5.74, 6) is 0.624. The van der Waals surface area contributed by atoms with Gasteiger partial charge in [-0.2, -0.15) is 4.31 Å². The van der Waals surface area contributed by atoms with Crippen LogP contribution in [0.3, 0.4) is 0 Å². The van der Waals surface area contributed by atoms with E-state index in [1.807, 2.05) is 50.6 Å². The monoisotopic (exact) mass is 485 g/mol. The van der Waals surface area contributed by atoms with Gasteiger partial charge < -0.3 is 9.88 Å². The molecule has 0 fully saturated rings. The first-order valence-corrected chi connectivity index (χ1v) is 13.1. The third kappa shape index (κ3) is 4.64. The number of nitrogens with zero attached hydrogens (tertiary/aromatic N) is 4. The Morgan fingerprint density at radius 3 is 2.58 bits per heavy atom. The highest BCUT2D eigenvalue weighted by Gasteiger charge is 2.22. The number of benzene rings is 2. The van der Waals surface area contributed by atoms with E-state index in [1.165, 1.54) is 4.31 Å². The number of hydrogen-bond donors (Lipinski definition) is 1. The normalized spacial score (nSPS) is 12.2. The molecule has 0 aliphatic rings. The SMILES string of the molecule is CCN(CC)S(=O)(=O)c1ccc2c(c1)nc(CCC(=O)Nc1ccc3nc(C)sc3c1)n2C. The van der Waals surface area contributed by atoms with Crippen LogP contribution in [0.2, 0.25) is 0 Å². The summed E-state index contributed by atoms with van der Waals surface area (Å²) in [6.07, 6.45) is 0.707. The molecule has 0 bridgehead atoms. The lowest BCUT2D eigenvalue weighted by atomic mass is 10.2. The average Bonchev–Trinajstić information content (AvgIpc) is 3.30. The van der Waals surface area contributed by atoms with Crippen molar-refractivity contribution in [1.82, 2.24) is 18.8 Å². The second-order valence-electron chi connectivity index (χ2n) is 7.79. The predicted octanol–water partition coefficient (Wildman–Crippen LogP) is 4.09. The predicted molar refractivity (Wildman–Crippen MR) is 132 cm³/mol. The number of nitrogens with one attached hydrogen (secondary N) is 1. The van der Waals surface area contributed by atoms with Gasteiger partial charge in [-0.3, -0.25) is 4.79 Å². The van der Waals surface area contributed by atoms with Gasteiger partial charge in [0.15, 0.2) is 0 Å². The molecule has 0 aliphatic carbocycles. The van der Waals surface area contributed by atoms with Gasteiger partial charge in [-0.05, 0) is 43.3 Å². The lowest BCUT2D eigenvalue weighted by molar-refractivity contribution is -0.116. The molecule has 10 heteroatoms. The van der Waals surface area contributed by atoms with E-state index in [-0.39, 0.29) is 17.2 Å². The second-order valence-corrected chi connectivity index (χ2v) is 11.0. The van der Waals surface area contributed by atoms with Crippen molar-refractivity contribution in [2.45, 2.75) is 38.5 Å². The van der Waals surface area contributed by atoms with Crippen molar-refractivity contribution in [3.8, 4) is 0 Å². The summed E-state index contributed by atoms with van der Waals surface area (Å²) < 4.78 is 30.0. The first-order valence-electron chi connectivity index (χ1n) is 10.9. The number of anilines is 1. The van der Waals surface area contributed by atoms with Crippen molar-refractivity contribution in [1.29, 1.82) is 0 Å². The quantitative estimate of drug-likeness (QED) is 0.405. The molecule has 0 spiro atoms. The Morgan fingerprint density at radius 2 is 1.85 bits per heavy atom. The number of carbonyl (C=O) groups excluding carboxylic acids is 1. The van der Waals surface area contributed by atoms with E-state index < -0.39 is 10.0 Å². The molecular weight excluding hydrogens is 458 g/mol. The van der Waals surface area contributed by atoms with Crippen molar-refractivity contribution in [2.75, 3.05) is 18.4 Å². The molecule has 0 saturated carbocycles. The topological polar surface area (TPSA) is 97.2 Å². The minimum absolute atomic E-state index is 0.104. The van der Waals surface area contributed by atoms with Crippen molar-refractivity contribution < 1.29 is 13.2 Å². The summed E-state index contributed by atoms with van der Waals surface area (Å²) in [6.45, 7) is 6.42. The summed E-state index contributed by atoms with van der Waals surface area (Å²) in [7, 11) is -1.68. The number of aryl methyl sites for hydroxylation is 3. The molecule has 0 saturated heterocycles. The van der Waals surface area contributed by atoms with Crippen LogP contribution < -0.4 is 5.32 Å². The zero-order valence-corrected chi connectivity index (χ0v) is 20.8. The van der Waals surface area contributed by atoms with Crippen molar-refractivity contribution >= 4 is 54.2 Å². The van der Waals surface area contributed by atoms with Crippen LogP contribution in [0.15, 0.2) is 41.3 Å². The van der Waals surface area contributed by atoms with E-state index in [0.717, 1.165) is 32.3 Å². The highest BCUT2D eigenvalue weighted by Crippen LogP contribution is 2.25. The number of rotatable bonds is 8. The lowest BCUT2D eigenvalue weighted by Crippen LogP contribution is -2.30. The van der Waals surface area contributed by atoms with E-state index in [9.17, 15) is 13.2 Å². The maximum Gasteiger partial charge on any atom is 0.243 e. The number of aromatic nitrogens is 3. The van der Waals surface area contributed by atoms with Crippen LogP contribution in [0.4, 0.5) is 5.69 Å². The Hall–Kier alpha value is -2.82. The molecule has 0 unspecified atom stereocenters. The first-order chi connectivity index (χ1) is 15.7. The van der Waals surface area contributed by atoms with Crippen molar-refractivity contribution in [2.24, 2.45) is 7.05 Å². The van der Waals surface area contributed by atoms with Gasteiger partial charge in [-0.1, -0.05) is 13.8 Å². The molecule has 33 heavy (non-hydrogen) atoms. The van der Waals surface area contributed by atoms with Gasteiger partial charge in [-0.25, -0.2) is 18.4 Å². The molecule has 4 aromatic rings. The Labute approximate surface area is 197 Å². The number of carbonyl (C=O) groups is 1. The van der Waals surface area contributed by atoms with Crippen LogP contribution in [0.25, 0.3) is 21.3 Å². The molecule has 0 radical (unpaired) electrons. The summed E-state index contributed by atoms with van der Waals surface area (Å²) in [6, 6.07) is 10.7. The van der Waals surface area contributed by atoms with Crippen LogP contribution >= 0.6 is 11.3 Å². The highest BCUT2D eigenvalue weighted by molar-refractivity contribution is 7.89. The van der Waals surface area contributed by atoms with Gasteiger partial charge in [0, 0.05) is 38.7 Å². The molecule has 8 nitrogen and oxygen atoms in total. The Kier molecular flexibility index (Phi) is 6.51. The third-order valence-corrected chi connectivity index (χ3v) is 8.62. The summed E-state index contributed by atoms with van der Waals surface area (Å²) >= 11 is 1.59. The fourth-order valence-corrected chi connectivity index (χ4v) is 6.24. The van der Waals surface area contributed by atoms with Crippen molar-refractivity contribution in [3.63, 3.8) is 0 Å². The van der Waals surface area contributed by atoms with Crippen LogP contribution in [0.5, 0.6) is 0 Å². The molecule has 2 aromatic carbocycles. The summed E-state index contributed by atoms with van der Waals surface area (Å²) in [4.78, 5) is 21.8. The Balaban J connectivity index is 1.48. The third-order valence-electron chi connectivity index (χ3n) is 5.64. The summed E-state index contributed by atoms with van der Waals surface area (Å²) in [5, 5.41) is 3.93. The smallest absolute Gasteiger partial charge is 0.243 e. The van der Waals surface area contributed by atoms with Gasteiger partial charge in [-0.15, -0.1) is 11.3 Å². The van der Waals surface area contributed by atoms with Gasteiger partial charge >= 0.3 is 0 Å². The second kappa shape index (κ2) is 9.20. The number of hydrogen-bond acceptors (Lipinski definition) is 6. The fourth-order valence-electron chi connectivity index (χ4n) is 3.89. The van der Waals surface area contributed by atoms with Gasteiger partial charge in [0.05, 0.1) is 31.2 Å². The molecule has 0 atom stereocenters. The molecule has 4 rings (SSSR count). The number of thiazole rings is 1. The van der Waals surface area contributed by atoms with Gasteiger partial charge in [0.1, 0.15) is 5.82 Å². The fraction of sp³-hybridized carbons (Fsp3) is 0.348. The standard InChI is InChI=1S/C23H27N5O3S2/c1-5-28(6-2)33(30,31)17-8-10-20-19(14-17)26-22(27(20)4)11-12-23(29)25-16-7-9-18-21(13-16)32-15(3)24-18/h7-10,13-14H,5-6,11-12H2,1-4H3,(H,25,29). The lowest BCUT2D eigenvalue weighted by Gasteiger charge is -2.18. The van der Waals surface area contributed by atoms with E-state index in [1.54, 1.807) is 29.5 Å². The van der Waals surface area contributed by atoms with Crippen LogP contribution in [0.1, 0.15) is 31.1 Å². The first kappa shape index (κ1) is 23.3. The number of amides is 1. The Bertz CT molecular complexity index is 1440. The number of imidazole rings is 1. The minimum Gasteiger partial charge on any atom is -0.331 e. The molecule has 2 aromatic heterocycles. The minimum atomic E-state index is -3.55. The van der Waals surface area contributed by atoms with E-state index in [2.05, 4.69) is 15.3 Å². The Morgan fingerprint density at radius 1 is 1.09 bits per heavy atom. The maximum atomic E-state index is 12.8.